The Bertz CT molecular complexity index is 628. The van der Waals surface area contributed by atoms with Crippen molar-refractivity contribution >= 4 is 0 Å². The zero-order valence-electron chi connectivity index (χ0n) is 19.2. The van der Waals surface area contributed by atoms with Gasteiger partial charge in [-0.2, -0.15) is 0 Å². The van der Waals surface area contributed by atoms with Gasteiger partial charge >= 0.3 is 0 Å². The van der Waals surface area contributed by atoms with Crippen LogP contribution >= 0.6 is 0 Å². The van der Waals surface area contributed by atoms with Crippen LogP contribution < -0.4 is 14.2 Å². The molecule has 1 rings (SSSR count). The highest BCUT2D eigenvalue weighted by atomic mass is 16.5. The SMILES string of the molecule is CC.COc1c(O)c(C)c(CC(C)(C)/C=C(\C)CC(C)C)c(OC)c1OC. The summed E-state index contributed by atoms with van der Waals surface area (Å²) in [5.41, 5.74) is 3.00. The van der Waals surface area contributed by atoms with Crippen molar-refractivity contribution in [1.82, 2.24) is 0 Å². The largest absolute Gasteiger partial charge is 0.504 e. The van der Waals surface area contributed by atoms with Crippen LogP contribution in [0.25, 0.3) is 0 Å². The summed E-state index contributed by atoms with van der Waals surface area (Å²) >= 11 is 0. The maximum absolute atomic E-state index is 10.5. The van der Waals surface area contributed by atoms with Gasteiger partial charge in [0, 0.05) is 11.1 Å². The molecule has 1 aromatic rings. The lowest BCUT2D eigenvalue weighted by molar-refractivity contribution is 0.305. The standard InChI is InChI=1S/C21H34O4.C2H6/c1-13(2)10-14(3)11-21(5,6)12-16-15(4)17(22)19(24-8)20(25-9)18(16)23-7;1-2/h11,13,22H,10,12H2,1-9H3;1-2H3/b14-11+;. The van der Waals surface area contributed by atoms with Crippen molar-refractivity contribution in [2.45, 2.75) is 68.2 Å². The fraction of sp³-hybridized carbons (Fsp3) is 0.652. The Labute approximate surface area is 166 Å². The van der Waals surface area contributed by atoms with Gasteiger partial charge in [0.25, 0.3) is 0 Å². The van der Waals surface area contributed by atoms with Crippen LogP contribution in [-0.2, 0) is 6.42 Å². The van der Waals surface area contributed by atoms with Gasteiger partial charge in [-0.25, -0.2) is 0 Å². The number of phenolic OH excluding ortho intramolecular Hbond substituents is 1. The van der Waals surface area contributed by atoms with E-state index in [0.29, 0.717) is 23.2 Å². The number of ether oxygens (including phenoxy) is 3. The second kappa shape index (κ2) is 11.1. The summed E-state index contributed by atoms with van der Waals surface area (Å²) in [5.74, 6) is 2.10. The molecule has 0 aromatic heterocycles. The fourth-order valence-corrected chi connectivity index (χ4v) is 3.51. The minimum atomic E-state index is -0.0803. The lowest BCUT2D eigenvalue weighted by atomic mass is 9.81. The minimum Gasteiger partial charge on any atom is -0.504 e. The molecule has 0 radical (unpaired) electrons. The number of hydrogen-bond donors (Lipinski definition) is 1. The Kier molecular flexibility index (Phi) is 10.3. The van der Waals surface area contributed by atoms with Gasteiger partial charge in [-0.3, -0.25) is 0 Å². The van der Waals surface area contributed by atoms with Gasteiger partial charge in [0.15, 0.2) is 11.5 Å². The van der Waals surface area contributed by atoms with Crippen LogP contribution in [0.15, 0.2) is 11.6 Å². The van der Waals surface area contributed by atoms with Crippen molar-refractivity contribution in [1.29, 1.82) is 0 Å². The molecule has 0 amide bonds. The van der Waals surface area contributed by atoms with E-state index in [0.717, 1.165) is 24.0 Å². The highest BCUT2D eigenvalue weighted by molar-refractivity contribution is 5.66. The number of rotatable bonds is 8. The van der Waals surface area contributed by atoms with Crippen LogP contribution in [0.2, 0.25) is 0 Å². The molecular weight excluding hydrogens is 340 g/mol. The van der Waals surface area contributed by atoms with Gasteiger partial charge in [0.1, 0.15) is 0 Å². The van der Waals surface area contributed by atoms with Gasteiger partial charge in [0.05, 0.1) is 21.3 Å². The highest BCUT2D eigenvalue weighted by Gasteiger charge is 2.28. The summed E-state index contributed by atoms with van der Waals surface area (Å²) in [6.07, 6.45) is 4.13. The molecule has 0 spiro atoms. The third kappa shape index (κ3) is 6.67. The first kappa shape index (κ1) is 25.2. The number of benzene rings is 1. The van der Waals surface area contributed by atoms with E-state index in [4.69, 9.17) is 14.2 Å². The molecule has 0 aliphatic heterocycles. The van der Waals surface area contributed by atoms with Crippen LogP contribution in [0.4, 0.5) is 0 Å². The summed E-state index contributed by atoms with van der Waals surface area (Å²) in [4.78, 5) is 0. The monoisotopic (exact) mass is 380 g/mol. The third-order valence-corrected chi connectivity index (χ3v) is 4.32. The lowest BCUT2D eigenvalue weighted by Crippen LogP contribution is -2.15. The second-order valence-corrected chi connectivity index (χ2v) is 7.81. The second-order valence-electron chi connectivity index (χ2n) is 7.81. The summed E-state index contributed by atoms with van der Waals surface area (Å²) in [6, 6.07) is 0. The molecule has 0 bridgehead atoms. The van der Waals surface area contributed by atoms with Gasteiger partial charge in [-0.05, 0) is 38.0 Å². The zero-order chi connectivity index (χ0) is 21.4. The van der Waals surface area contributed by atoms with Crippen LogP contribution in [0.3, 0.4) is 0 Å². The molecule has 0 aliphatic rings. The molecule has 0 unspecified atom stereocenters. The molecule has 0 saturated heterocycles. The van der Waals surface area contributed by atoms with Gasteiger partial charge in [-0.1, -0.05) is 53.2 Å². The number of aromatic hydroxyl groups is 1. The average Bonchev–Trinajstić information content (AvgIpc) is 2.59. The smallest absolute Gasteiger partial charge is 0.207 e. The van der Waals surface area contributed by atoms with Gasteiger partial charge < -0.3 is 19.3 Å². The molecule has 27 heavy (non-hydrogen) atoms. The van der Waals surface area contributed by atoms with Crippen LogP contribution in [0, 0.1) is 18.3 Å². The van der Waals surface area contributed by atoms with E-state index in [2.05, 4.69) is 40.7 Å². The first-order valence-corrected chi connectivity index (χ1v) is 9.76. The molecule has 156 valence electrons. The van der Waals surface area contributed by atoms with Crippen LogP contribution in [-0.4, -0.2) is 26.4 Å². The Balaban J connectivity index is 0.00000326. The van der Waals surface area contributed by atoms with Crippen LogP contribution in [0.5, 0.6) is 23.0 Å². The van der Waals surface area contributed by atoms with E-state index in [1.807, 2.05) is 20.8 Å². The normalized spacial score (nSPS) is 11.8. The maximum atomic E-state index is 10.5. The van der Waals surface area contributed by atoms with Crippen molar-refractivity contribution in [3.8, 4) is 23.0 Å². The molecule has 0 saturated carbocycles. The molecule has 0 aliphatic carbocycles. The molecule has 1 N–H and O–H groups in total. The molecule has 0 atom stereocenters. The maximum Gasteiger partial charge on any atom is 0.207 e. The van der Waals surface area contributed by atoms with E-state index in [1.54, 1.807) is 14.2 Å². The van der Waals surface area contributed by atoms with E-state index in [1.165, 1.54) is 12.7 Å². The summed E-state index contributed by atoms with van der Waals surface area (Å²) < 4.78 is 16.4. The number of methoxy groups -OCH3 is 3. The molecule has 1 aromatic carbocycles. The lowest BCUT2D eigenvalue weighted by Gasteiger charge is -2.26. The van der Waals surface area contributed by atoms with Crippen molar-refractivity contribution in [2.24, 2.45) is 11.3 Å². The van der Waals surface area contributed by atoms with Crippen molar-refractivity contribution < 1.29 is 19.3 Å². The number of allylic oxidation sites excluding steroid dienone is 2. The van der Waals surface area contributed by atoms with E-state index >= 15 is 0 Å². The summed E-state index contributed by atoms with van der Waals surface area (Å²) in [7, 11) is 4.68. The third-order valence-electron chi connectivity index (χ3n) is 4.32. The van der Waals surface area contributed by atoms with E-state index in [-0.39, 0.29) is 11.2 Å². The predicted molar refractivity (Wildman–Crippen MR) is 115 cm³/mol. The first-order valence-electron chi connectivity index (χ1n) is 9.76. The average molecular weight is 381 g/mol. The molecular formula is C23H40O4. The number of hydrogen-bond acceptors (Lipinski definition) is 4. The highest BCUT2D eigenvalue weighted by Crippen LogP contribution is 2.50. The number of phenols is 1. The Hall–Kier alpha value is -1.84. The van der Waals surface area contributed by atoms with Crippen molar-refractivity contribution in [3.05, 3.63) is 22.8 Å². The first-order chi connectivity index (χ1) is 12.6. The molecule has 0 heterocycles. The summed E-state index contributed by atoms with van der Waals surface area (Å²) in [6.45, 7) is 16.9. The summed E-state index contributed by atoms with van der Waals surface area (Å²) in [5, 5.41) is 10.5. The fourth-order valence-electron chi connectivity index (χ4n) is 3.51. The van der Waals surface area contributed by atoms with E-state index < -0.39 is 0 Å². The predicted octanol–water partition coefficient (Wildman–Crippen LogP) is 6.31. The Morgan fingerprint density at radius 2 is 1.48 bits per heavy atom. The zero-order valence-corrected chi connectivity index (χ0v) is 19.2. The van der Waals surface area contributed by atoms with Gasteiger partial charge in [0.2, 0.25) is 11.5 Å². The van der Waals surface area contributed by atoms with Crippen molar-refractivity contribution in [3.63, 3.8) is 0 Å². The molecule has 4 heteroatoms. The molecule has 0 fully saturated rings. The quantitative estimate of drug-likeness (QED) is 0.537. The van der Waals surface area contributed by atoms with Crippen LogP contribution in [0.1, 0.15) is 66.0 Å². The Morgan fingerprint density at radius 1 is 1.00 bits per heavy atom. The van der Waals surface area contributed by atoms with Crippen molar-refractivity contribution in [2.75, 3.05) is 21.3 Å². The topological polar surface area (TPSA) is 47.9 Å². The minimum absolute atomic E-state index is 0.0803. The Morgan fingerprint density at radius 3 is 1.89 bits per heavy atom. The molecule has 4 nitrogen and oxygen atoms in total. The van der Waals surface area contributed by atoms with E-state index in [9.17, 15) is 5.11 Å². The van der Waals surface area contributed by atoms with Gasteiger partial charge in [-0.15, -0.1) is 0 Å².